The summed E-state index contributed by atoms with van der Waals surface area (Å²) in [5, 5.41) is 10.0. The molecule has 178 valence electrons. The van der Waals surface area contributed by atoms with Crippen LogP contribution in [-0.4, -0.2) is 71.7 Å². The third kappa shape index (κ3) is 4.64. The Morgan fingerprint density at radius 1 is 1.21 bits per heavy atom. The summed E-state index contributed by atoms with van der Waals surface area (Å²) in [6, 6.07) is 6.40. The topological polar surface area (TPSA) is 113 Å². The van der Waals surface area contributed by atoms with Crippen LogP contribution in [0.25, 0.3) is 5.57 Å². The molecule has 3 rings (SSSR count). The highest BCUT2D eigenvalue weighted by Gasteiger charge is 2.57. The maximum Gasteiger partial charge on any atom is 0.358 e. The van der Waals surface area contributed by atoms with Gasteiger partial charge in [-0.3, -0.25) is 14.4 Å². The van der Waals surface area contributed by atoms with E-state index in [9.17, 15) is 24.3 Å². The minimum atomic E-state index is -0.871. The summed E-state index contributed by atoms with van der Waals surface area (Å²) in [5.41, 5.74) is 0.865. The lowest BCUT2D eigenvalue weighted by Gasteiger charge is -2.44. The van der Waals surface area contributed by atoms with Crippen LogP contribution in [0, 0.1) is 11.3 Å². The zero-order chi connectivity index (χ0) is 24.7. The van der Waals surface area contributed by atoms with E-state index in [1.54, 1.807) is 59.1 Å². The number of carbonyl (C=O) groups is 4. The van der Waals surface area contributed by atoms with E-state index in [2.05, 4.69) is 0 Å². The van der Waals surface area contributed by atoms with E-state index in [4.69, 9.17) is 9.47 Å². The summed E-state index contributed by atoms with van der Waals surface area (Å²) >= 11 is 0. The number of nitrogens with zero attached hydrogens (tertiary/aromatic N) is 2. The molecule has 0 bridgehead atoms. The van der Waals surface area contributed by atoms with Gasteiger partial charge >= 0.3 is 11.9 Å². The summed E-state index contributed by atoms with van der Waals surface area (Å²) in [6.45, 7) is 5.98. The number of hydrogen-bond donors (Lipinski definition) is 1. The molecule has 1 aromatic rings. The van der Waals surface area contributed by atoms with Gasteiger partial charge in [0.1, 0.15) is 5.70 Å². The first-order valence-corrected chi connectivity index (χ1v) is 10.7. The Kier molecular flexibility index (Phi) is 6.65. The number of β-lactam (4-membered cyclic amide) rings is 1. The van der Waals surface area contributed by atoms with E-state index < -0.39 is 36.2 Å². The van der Waals surface area contributed by atoms with E-state index in [1.165, 1.54) is 16.7 Å². The van der Waals surface area contributed by atoms with Crippen LogP contribution >= 0.6 is 0 Å². The van der Waals surface area contributed by atoms with Gasteiger partial charge < -0.3 is 24.4 Å². The van der Waals surface area contributed by atoms with Crippen LogP contribution in [-0.2, 0) is 23.9 Å². The Hall–Kier alpha value is -3.20. The predicted octanol–water partition coefficient (Wildman–Crippen LogP) is 1.80. The van der Waals surface area contributed by atoms with Gasteiger partial charge in [0.2, 0.25) is 12.7 Å². The highest BCUT2D eigenvalue weighted by Crippen LogP contribution is 2.47. The molecule has 0 saturated carbocycles. The van der Waals surface area contributed by atoms with Crippen LogP contribution in [0.5, 0.6) is 0 Å². The Morgan fingerprint density at radius 2 is 1.88 bits per heavy atom. The van der Waals surface area contributed by atoms with Crippen molar-refractivity contribution < 1.29 is 33.8 Å². The number of carbonyl (C=O) groups excluding carboxylic acids is 4. The Balaban J connectivity index is 1.92. The fraction of sp³-hybridized carbons (Fsp3) is 0.500. The van der Waals surface area contributed by atoms with Crippen LogP contribution in [0.1, 0.15) is 50.0 Å². The van der Waals surface area contributed by atoms with Gasteiger partial charge in [-0.1, -0.05) is 12.1 Å². The highest BCUT2D eigenvalue weighted by atomic mass is 16.7. The minimum Gasteiger partial charge on any atom is -0.427 e. The molecule has 1 saturated heterocycles. The van der Waals surface area contributed by atoms with Crippen molar-refractivity contribution in [1.82, 2.24) is 9.80 Å². The van der Waals surface area contributed by atoms with Crippen molar-refractivity contribution in [2.24, 2.45) is 11.3 Å². The first kappa shape index (κ1) is 24.4. The van der Waals surface area contributed by atoms with E-state index in [0.29, 0.717) is 23.1 Å². The van der Waals surface area contributed by atoms with Crippen molar-refractivity contribution in [2.45, 2.75) is 46.3 Å². The Labute approximate surface area is 192 Å². The van der Waals surface area contributed by atoms with Gasteiger partial charge in [0.05, 0.1) is 23.5 Å². The third-order valence-electron chi connectivity index (χ3n) is 5.78. The molecule has 0 radical (unpaired) electrons. The molecule has 2 amide bonds. The van der Waals surface area contributed by atoms with Gasteiger partial charge in [-0.2, -0.15) is 0 Å². The van der Waals surface area contributed by atoms with Crippen LogP contribution in [0.2, 0.25) is 0 Å². The molecule has 0 aromatic heterocycles. The number of aliphatic hydroxyl groups is 1. The Morgan fingerprint density at radius 3 is 2.45 bits per heavy atom. The van der Waals surface area contributed by atoms with Gasteiger partial charge in [-0.15, -0.1) is 0 Å². The summed E-state index contributed by atoms with van der Waals surface area (Å²) < 4.78 is 10.2. The predicted molar refractivity (Wildman–Crippen MR) is 118 cm³/mol. The molecule has 3 atom stereocenters. The molecule has 9 heteroatoms. The number of fused-ring (bicyclic) bond motifs is 1. The first-order chi connectivity index (χ1) is 15.3. The molecular formula is C24H30N2O7. The maximum absolute atomic E-state index is 13.0. The average molecular weight is 459 g/mol. The van der Waals surface area contributed by atoms with Crippen LogP contribution in [0.4, 0.5) is 0 Å². The van der Waals surface area contributed by atoms with Crippen LogP contribution in [0.15, 0.2) is 30.0 Å². The fourth-order valence-corrected chi connectivity index (χ4v) is 4.04. The second-order valence-electron chi connectivity index (χ2n) is 9.59. The SMILES string of the molecule is C[C@@H](O)[C@H]1C(=O)N2C(C(=O)OCOC(=O)C(C)(C)C)=C(c3cccc(C(=O)N(C)C)c3)C[C@H]12. The number of benzene rings is 1. The molecular weight excluding hydrogens is 428 g/mol. The van der Waals surface area contributed by atoms with Crippen molar-refractivity contribution in [1.29, 1.82) is 0 Å². The average Bonchev–Trinajstić information content (AvgIpc) is 3.07. The summed E-state index contributed by atoms with van der Waals surface area (Å²) in [5.74, 6) is -2.54. The monoisotopic (exact) mass is 458 g/mol. The lowest BCUT2D eigenvalue weighted by Crippen LogP contribution is -2.61. The fourth-order valence-electron chi connectivity index (χ4n) is 4.04. The van der Waals surface area contributed by atoms with Gasteiger partial charge in [0.15, 0.2) is 0 Å². The van der Waals surface area contributed by atoms with E-state index >= 15 is 0 Å². The van der Waals surface area contributed by atoms with Crippen molar-refractivity contribution in [3.8, 4) is 0 Å². The zero-order valence-corrected chi connectivity index (χ0v) is 19.7. The highest BCUT2D eigenvalue weighted by molar-refractivity contribution is 6.07. The number of ether oxygens (including phenoxy) is 2. The molecule has 2 heterocycles. The number of aliphatic hydroxyl groups excluding tert-OH is 1. The summed E-state index contributed by atoms with van der Waals surface area (Å²) in [6.07, 6.45) is -0.544. The van der Waals surface area contributed by atoms with E-state index in [1.807, 2.05) is 0 Å². The van der Waals surface area contributed by atoms with Gasteiger partial charge in [0.25, 0.3) is 5.91 Å². The molecule has 0 spiro atoms. The first-order valence-electron chi connectivity index (χ1n) is 10.7. The normalized spacial score (nSPS) is 20.7. The summed E-state index contributed by atoms with van der Waals surface area (Å²) in [7, 11) is 3.28. The van der Waals surface area contributed by atoms with Crippen molar-refractivity contribution in [3.05, 3.63) is 41.1 Å². The zero-order valence-electron chi connectivity index (χ0n) is 19.7. The molecule has 33 heavy (non-hydrogen) atoms. The van der Waals surface area contributed by atoms with Crippen LogP contribution < -0.4 is 0 Å². The molecule has 1 N–H and O–H groups in total. The lowest BCUT2D eigenvalue weighted by molar-refractivity contribution is -0.175. The van der Waals surface area contributed by atoms with E-state index in [0.717, 1.165) is 0 Å². The number of amides is 2. The summed E-state index contributed by atoms with van der Waals surface area (Å²) in [4.78, 5) is 52.9. The quantitative estimate of drug-likeness (QED) is 0.393. The molecule has 0 aliphatic carbocycles. The van der Waals surface area contributed by atoms with Gasteiger partial charge in [-0.25, -0.2) is 4.79 Å². The smallest absolute Gasteiger partial charge is 0.358 e. The second-order valence-corrected chi connectivity index (χ2v) is 9.59. The van der Waals surface area contributed by atoms with Crippen molar-refractivity contribution in [3.63, 3.8) is 0 Å². The molecule has 0 unspecified atom stereocenters. The minimum absolute atomic E-state index is 0.0446. The van der Waals surface area contributed by atoms with Crippen molar-refractivity contribution >= 4 is 29.3 Å². The maximum atomic E-state index is 13.0. The molecule has 1 fully saturated rings. The number of rotatable bonds is 6. The standard InChI is InChI=1S/C24H30N2O7/c1-13(27)18-17-11-16(14-8-7-9-15(10-14)20(28)25(5)6)19(26(17)21(18)29)22(30)32-12-33-23(31)24(2,3)4/h7-10,13,17-18,27H,11-12H2,1-6H3/t13-,17-,18-/m1/s1. The molecule has 9 nitrogen and oxygen atoms in total. The number of esters is 2. The molecule has 1 aromatic carbocycles. The second kappa shape index (κ2) is 8.97. The third-order valence-corrected chi connectivity index (χ3v) is 5.78. The Bertz CT molecular complexity index is 1020. The number of hydrogen-bond acceptors (Lipinski definition) is 7. The van der Waals surface area contributed by atoms with E-state index in [-0.39, 0.29) is 23.6 Å². The largest absolute Gasteiger partial charge is 0.427 e. The lowest BCUT2D eigenvalue weighted by atomic mass is 9.82. The van der Waals surface area contributed by atoms with Crippen LogP contribution in [0.3, 0.4) is 0 Å². The molecule has 2 aliphatic rings. The van der Waals surface area contributed by atoms with Crippen molar-refractivity contribution in [2.75, 3.05) is 20.9 Å². The van der Waals surface area contributed by atoms with Gasteiger partial charge in [-0.05, 0) is 57.4 Å². The van der Waals surface area contributed by atoms with Gasteiger partial charge in [0, 0.05) is 19.7 Å². The molecule has 2 aliphatic heterocycles.